The maximum atomic E-state index is 9.09. The summed E-state index contributed by atoms with van der Waals surface area (Å²) in [6.45, 7) is 2.85. The first kappa shape index (κ1) is 15.8. The molecular formula is C15H20ClNO2. The zero-order chi connectivity index (χ0) is 12.8. The second-order valence-electron chi connectivity index (χ2n) is 4.30. The van der Waals surface area contributed by atoms with E-state index in [0.29, 0.717) is 6.54 Å². The summed E-state index contributed by atoms with van der Waals surface area (Å²) in [6, 6.07) is 14.1. The number of rotatable bonds is 6. The summed E-state index contributed by atoms with van der Waals surface area (Å²) in [4.78, 5) is 0. The molecule has 0 amide bonds. The standard InChI is InChI=1S/C15H19NO2.ClH/c1-2-13(11-17)16-10-14-8-9-15(18-14)12-6-4-3-5-7-12;/h3-9,13,16-17H,2,10-11H2,1H3;1H. The van der Waals surface area contributed by atoms with Crippen LogP contribution in [0.4, 0.5) is 0 Å². The lowest BCUT2D eigenvalue weighted by Crippen LogP contribution is -2.30. The van der Waals surface area contributed by atoms with Crippen molar-refractivity contribution in [1.29, 1.82) is 0 Å². The van der Waals surface area contributed by atoms with Gasteiger partial charge in [0, 0.05) is 11.6 Å². The average molecular weight is 282 g/mol. The Kier molecular flexibility index (Phi) is 6.64. The van der Waals surface area contributed by atoms with Crippen LogP contribution in [0.3, 0.4) is 0 Å². The van der Waals surface area contributed by atoms with Crippen LogP contribution in [0.1, 0.15) is 19.1 Å². The lowest BCUT2D eigenvalue weighted by Gasteiger charge is -2.12. The molecule has 1 unspecified atom stereocenters. The summed E-state index contributed by atoms with van der Waals surface area (Å²) >= 11 is 0. The van der Waals surface area contributed by atoms with E-state index < -0.39 is 0 Å². The largest absolute Gasteiger partial charge is 0.460 e. The highest BCUT2D eigenvalue weighted by Crippen LogP contribution is 2.21. The van der Waals surface area contributed by atoms with Crippen LogP contribution in [-0.4, -0.2) is 17.8 Å². The van der Waals surface area contributed by atoms with Crippen molar-refractivity contribution in [2.24, 2.45) is 0 Å². The topological polar surface area (TPSA) is 45.4 Å². The Labute approximate surface area is 120 Å². The Hall–Kier alpha value is -1.29. The first-order chi connectivity index (χ1) is 8.83. The van der Waals surface area contributed by atoms with E-state index in [0.717, 1.165) is 23.5 Å². The van der Waals surface area contributed by atoms with Gasteiger partial charge in [-0.1, -0.05) is 37.3 Å². The molecule has 0 aliphatic rings. The van der Waals surface area contributed by atoms with Crippen LogP contribution in [0.15, 0.2) is 46.9 Å². The second kappa shape index (κ2) is 8.00. The predicted octanol–water partition coefficient (Wildman–Crippen LogP) is 3.23. The molecular weight excluding hydrogens is 262 g/mol. The third kappa shape index (κ3) is 4.39. The zero-order valence-corrected chi connectivity index (χ0v) is 11.8. The van der Waals surface area contributed by atoms with Gasteiger partial charge < -0.3 is 14.8 Å². The number of halogens is 1. The maximum absolute atomic E-state index is 9.09. The fourth-order valence-electron chi connectivity index (χ4n) is 1.81. The molecule has 0 fully saturated rings. The summed E-state index contributed by atoms with van der Waals surface area (Å²) in [7, 11) is 0. The van der Waals surface area contributed by atoms with Gasteiger partial charge in [0.25, 0.3) is 0 Å². The molecule has 0 bridgehead atoms. The van der Waals surface area contributed by atoms with Gasteiger partial charge in [0.2, 0.25) is 0 Å². The van der Waals surface area contributed by atoms with Crippen molar-refractivity contribution in [3.05, 3.63) is 48.2 Å². The van der Waals surface area contributed by atoms with Crippen molar-refractivity contribution in [1.82, 2.24) is 5.32 Å². The van der Waals surface area contributed by atoms with Gasteiger partial charge >= 0.3 is 0 Å². The minimum atomic E-state index is 0. The van der Waals surface area contributed by atoms with Crippen LogP contribution in [0.2, 0.25) is 0 Å². The monoisotopic (exact) mass is 281 g/mol. The smallest absolute Gasteiger partial charge is 0.134 e. The summed E-state index contributed by atoms with van der Waals surface area (Å²) in [6.07, 6.45) is 0.906. The van der Waals surface area contributed by atoms with E-state index >= 15 is 0 Å². The van der Waals surface area contributed by atoms with E-state index in [-0.39, 0.29) is 25.1 Å². The van der Waals surface area contributed by atoms with Crippen molar-refractivity contribution >= 4 is 12.4 Å². The van der Waals surface area contributed by atoms with Crippen molar-refractivity contribution in [2.45, 2.75) is 25.9 Å². The van der Waals surface area contributed by atoms with Crippen LogP contribution in [0.25, 0.3) is 11.3 Å². The summed E-state index contributed by atoms with van der Waals surface area (Å²) < 4.78 is 5.76. The van der Waals surface area contributed by atoms with E-state index in [1.54, 1.807) is 0 Å². The minimum Gasteiger partial charge on any atom is -0.460 e. The molecule has 0 spiro atoms. The molecule has 2 aromatic rings. The molecule has 3 nitrogen and oxygen atoms in total. The Morgan fingerprint density at radius 2 is 1.89 bits per heavy atom. The van der Waals surface area contributed by atoms with Crippen molar-refractivity contribution in [3.8, 4) is 11.3 Å². The molecule has 1 aromatic heterocycles. The van der Waals surface area contributed by atoms with Gasteiger partial charge in [0.15, 0.2) is 0 Å². The van der Waals surface area contributed by atoms with Gasteiger partial charge in [-0.15, -0.1) is 12.4 Å². The Balaban J connectivity index is 0.00000180. The molecule has 0 saturated heterocycles. The SMILES string of the molecule is CCC(CO)NCc1ccc(-c2ccccc2)o1.Cl. The molecule has 1 aromatic carbocycles. The van der Waals surface area contributed by atoms with E-state index in [1.165, 1.54) is 0 Å². The number of aliphatic hydroxyl groups is 1. The van der Waals surface area contributed by atoms with Crippen molar-refractivity contribution in [3.63, 3.8) is 0 Å². The molecule has 0 aliphatic heterocycles. The first-order valence-corrected chi connectivity index (χ1v) is 6.32. The van der Waals surface area contributed by atoms with Crippen molar-refractivity contribution in [2.75, 3.05) is 6.61 Å². The quantitative estimate of drug-likeness (QED) is 0.854. The second-order valence-corrected chi connectivity index (χ2v) is 4.30. The highest BCUT2D eigenvalue weighted by Gasteiger charge is 2.07. The van der Waals surface area contributed by atoms with Crippen LogP contribution >= 0.6 is 12.4 Å². The van der Waals surface area contributed by atoms with E-state index in [9.17, 15) is 0 Å². The van der Waals surface area contributed by atoms with Gasteiger partial charge in [-0.25, -0.2) is 0 Å². The van der Waals surface area contributed by atoms with Crippen LogP contribution in [0.5, 0.6) is 0 Å². The van der Waals surface area contributed by atoms with Crippen LogP contribution in [0, 0.1) is 0 Å². The van der Waals surface area contributed by atoms with Gasteiger partial charge in [0.1, 0.15) is 11.5 Å². The van der Waals surface area contributed by atoms with Gasteiger partial charge in [-0.2, -0.15) is 0 Å². The average Bonchev–Trinajstić information content (AvgIpc) is 2.90. The third-order valence-electron chi connectivity index (χ3n) is 3.00. The third-order valence-corrected chi connectivity index (χ3v) is 3.00. The Morgan fingerprint density at radius 1 is 1.16 bits per heavy atom. The number of furan rings is 1. The molecule has 4 heteroatoms. The molecule has 1 heterocycles. The fourth-order valence-corrected chi connectivity index (χ4v) is 1.81. The zero-order valence-electron chi connectivity index (χ0n) is 11.0. The normalized spacial score (nSPS) is 11.9. The van der Waals surface area contributed by atoms with Crippen LogP contribution < -0.4 is 5.32 Å². The number of hydrogen-bond acceptors (Lipinski definition) is 3. The molecule has 0 radical (unpaired) electrons. The molecule has 19 heavy (non-hydrogen) atoms. The van der Waals surface area contributed by atoms with E-state index in [1.807, 2.05) is 49.4 Å². The minimum absolute atomic E-state index is 0. The summed E-state index contributed by atoms with van der Waals surface area (Å²) in [5.74, 6) is 1.77. The van der Waals surface area contributed by atoms with E-state index in [2.05, 4.69) is 5.32 Å². The Bertz CT molecular complexity index is 466. The van der Waals surface area contributed by atoms with E-state index in [4.69, 9.17) is 9.52 Å². The van der Waals surface area contributed by atoms with Gasteiger partial charge in [0.05, 0.1) is 13.2 Å². The highest BCUT2D eigenvalue weighted by molar-refractivity contribution is 5.85. The number of aliphatic hydroxyl groups excluding tert-OH is 1. The van der Waals surface area contributed by atoms with Gasteiger partial charge in [-0.05, 0) is 18.6 Å². The fraction of sp³-hybridized carbons (Fsp3) is 0.333. The van der Waals surface area contributed by atoms with Crippen LogP contribution in [-0.2, 0) is 6.54 Å². The molecule has 2 rings (SSSR count). The lowest BCUT2D eigenvalue weighted by molar-refractivity contribution is 0.235. The highest BCUT2D eigenvalue weighted by atomic mass is 35.5. The van der Waals surface area contributed by atoms with Crippen molar-refractivity contribution < 1.29 is 9.52 Å². The summed E-state index contributed by atoms with van der Waals surface area (Å²) in [5.41, 5.74) is 1.08. The maximum Gasteiger partial charge on any atom is 0.134 e. The first-order valence-electron chi connectivity index (χ1n) is 6.32. The molecule has 0 aliphatic carbocycles. The predicted molar refractivity (Wildman–Crippen MR) is 79.4 cm³/mol. The number of hydrogen-bond donors (Lipinski definition) is 2. The summed E-state index contributed by atoms with van der Waals surface area (Å²) in [5, 5.41) is 12.4. The Morgan fingerprint density at radius 3 is 2.53 bits per heavy atom. The lowest BCUT2D eigenvalue weighted by atomic mass is 10.2. The molecule has 1 atom stereocenters. The molecule has 0 saturated carbocycles. The molecule has 104 valence electrons. The molecule has 2 N–H and O–H groups in total. The number of benzene rings is 1. The number of nitrogens with one attached hydrogen (secondary N) is 1. The van der Waals surface area contributed by atoms with Gasteiger partial charge in [-0.3, -0.25) is 0 Å².